The van der Waals surface area contributed by atoms with Gasteiger partial charge in [-0.1, -0.05) is 12.1 Å². The Morgan fingerprint density at radius 3 is 2.72 bits per heavy atom. The molecule has 0 aliphatic carbocycles. The summed E-state index contributed by atoms with van der Waals surface area (Å²) in [5, 5.41) is 7.11. The molecule has 0 spiro atoms. The quantitative estimate of drug-likeness (QED) is 0.739. The first-order chi connectivity index (χ1) is 14.1. The number of hydrogen-bond donors (Lipinski definition) is 1. The van der Waals surface area contributed by atoms with Gasteiger partial charge < -0.3 is 14.8 Å². The summed E-state index contributed by atoms with van der Waals surface area (Å²) in [7, 11) is 1.58. The fraction of sp³-hybridized carbons (Fsp3) is 0.227. The highest BCUT2D eigenvalue weighted by Crippen LogP contribution is 2.33. The van der Waals surface area contributed by atoms with Gasteiger partial charge >= 0.3 is 0 Å². The number of ether oxygens (including phenoxy) is 2. The predicted molar refractivity (Wildman–Crippen MR) is 108 cm³/mol. The number of carbonyl (C=O) groups excluding carboxylic acids is 1. The van der Waals surface area contributed by atoms with E-state index in [-0.39, 0.29) is 18.0 Å². The molecule has 2 heterocycles. The number of hydrogen-bond acceptors (Lipinski definition) is 5. The van der Waals surface area contributed by atoms with E-state index in [0.29, 0.717) is 36.0 Å². The fourth-order valence-corrected chi connectivity index (χ4v) is 3.17. The molecular formula is C22H21N3O4. The number of carbonyl (C=O) groups is 1. The zero-order chi connectivity index (χ0) is 20.2. The van der Waals surface area contributed by atoms with Crippen molar-refractivity contribution in [2.24, 2.45) is 0 Å². The van der Waals surface area contributed by atoms with E-state index in [0.717, 1.165) is 17.5 Å². The minimum Gasteiger partial charge on any atom is -0.490 e. The molecule has 4 rings (SSSR count). The van der Waals surface area contributed by atoms with Gasteiger partial charge in [0.25, 0.3) is 11.5 Å². The Kier molecular flexibility index (Phi) is 5.29. The number of aromatic nitrogens is 2. The van der Waals surface area contributed by atoms with Crippen molar-refractivity contribution < 1.29 is 14.3 Å². The average molecular weight is 391 g/mol. The molecular weight excluding hydrogens is 370 g/mol. The molecule has 3 aromatic rings. The Hall–Kier alpha value is -3.61. The van der Waals surface area contributed by atoms with E-state index in [1.807, 2.05) is 24.3 Å². The zero-order valence-electron chi connectivity index (χ0n) is 16.1. The van der Waals surface area contributed by atoms with Gasteiger partial charge in [0.1, 0.15) is 0 Å². The van der Waals surface area contributed by atoms with Gasteiger partial charge in [-0.2, -0.15) is 5.10 Å². The van der Waals surface area contributed by atoms with Crippen LogP contribution in [0.5, 0.6) is 11.5 Å². The maximum absolute atomic E-state index is 12.3. The molecule has 1 N–H and O–H groups in total. The SMILES string of the molecule is CNC(=O)c1cccc(Cn2nc(-c3ccc4c(c3)OCCCO4)ccc2=O)c1. The predicted octanol–water partition coefficient (Wildman–Crippen LogP) is 2.48. The molecule has 0 fully saturated rings. The third kappa shape index (κ3) is 4.13. The Morgan fingerprint density at radius 1 is 1.07 bits per heavy atom. The molecule has 1 amide bonds. The Balaban J connectivity index is 1.64. The van der Waals surface area contributed by atoms with Crippen molar-refractivity contribution in [3.63, 3.8) is 0 Å². The van der Waals surface area contributed by atoms with Gasteiger partial charge in [-0.05, 0) is 42.0 Å². The smallest absolute Gasteiger partial charge is 0.267 e. The molecule has 0 saturated heterocycles. The maximum atomic E-state index is 12.3. The second-order valence-corrected chi connectivity index (χ2v) is 6.71. The van der Waals surface area contributed by atoms with Crippen molar-refractivity contribution in [3.8, 4) is 22.8 Å². The molecule has 2 aromatic carbocycles. The summed E-state index contributed by atoms with van der Waals surface area (Å²) >= 11 is 0. The number of rotatable bonds is 4. The van der Waals surface area contributed by atoms with Crippen LogP contribution < -0.4 is 20.3 Å². The Morgan fingerprint density at radius 2 is 1.90 bits per heavy atom. The number of fused-ring (bicyclic) bond motifs is 1. The average Bonchev–Trinajstić information content (AvgIpc) is 3.00. The van der Waals surface area contributed by atoms with Crippen LogP contribution in [0.2, 0.25) is 0 Å². The van der Waals surface area contributed by atoms with E-state index < -0.39 is 0 Å². The van der Waals surface area contributed by atoms with Gasteiger partial charge in [0, 0.05) is 30.7 Å². The van der Waals surface area contributed by atoms with Crippen LogP contribution in [0.15, 0.2) is 59.4 Å². The third-order valence-corrected chi connectivity index (χ3v) is 4.66. The summed E-state index contributed by atoms with van der Waals surface area (Å²) in [4.78, 5) is 24.2. The Bertz CT molecular complexity index is 1110. The van der Waals surface area contributed by atoms with Gasteiger partial charge in [0.2, 0.25) is 0 Å². The van der Waals surface area contributed by atoms with Crippen LogP contribution in [0.25, 0.3) is 11.3 Å². The maximum Gasteiger partial charge on any atom is 0.267 e. The minimum atomic E-state index is -0.214. The normalized spacial score (nSPS) is 12.9. The van der Waals surface area contributed by atoms with Crippen molar-refractivity contribution in [3.05, 3.63) is 76.1 Å². The zero-order valence-corrected chi connectivity index (χ0v) is 16.1. The standard InChI is InChI=1S/C22H21N3O4/c1-23-22(27)17-5-2-4-15(12-17)14-25-21(26)9-7-18(24-25)16-6-8-19-20(13-16)29-11-3-10-28-19/h2,4-9,12-13H,3,10-11,14H2,1H3,(H,23,27). The van der Waals surface area contributed by atoms with Crippen molar-refractivity contribution >= 4 is 5.91 Å². The lowest BCUT2D eigenvalue weighted by Gasteiger charge is -2.11. The molecule has 1 aliphatic rings. The van der Waals surface area contributed by atoms with E-state index in [1.165, 1.54) is 10.7 Å². The third-order valence-electron chi connectivity index (χ3n) is 4.66. The van der Waals surface area contributed by atoms with Crippen LogP contribution in [0.4, 0.5) is 0 Å². The van der Waals surface area contributed by atoms with Crippen LogP contribution in [-0.2, 0) is 6.54 Å². The second-order valence-electron chi connectivity index (χ2n) is 6.71. The monoisotopic (exact) mass is 391 g/mol. The van der Waals surface area contributed by atoms with E-state index in [2.05, 4.69) is 10.4 Å². The van der Waals surface area contributed by atoms with Crippen LogP contribution in [0.1, 0.15) is 22.3 Å². The van der Waals surface area contributed by atoms with Crippen molar-refractivity contribution in [1.29, 1.82) is 0 Å². The molecule has 148 valence electrons. The second kappa shape index (κ2) is 8.18. The Labute approximate surface area is 167 Å². The number of nitrogens with zero attached hydrogens (tertiary/aromatic N) is 2. The molecule has 0 saturated carbocycles. The lowest BCUT2D eigenvalue weighted by Crippen LogP contribution is -2.23. The summed E-state index contributed by atoms with van der Waals surface area (Å²) in [6.07, 6.45) is 0.836. The molecule has 0 bridgehead atoms. The molecule has 0 atom stereocenters. The fourth-order valence-electron chi connectivity index (χ4n) is 3.17. The molecule has 7 nitrogen and oxygen atoms in total. The topological polar surface area (TPSA) is 82.5 Å². The van der Waals surface area contributed by atoms with E-state index in [4.69, 9.17) is 9.47 Å². The summed E-state index contributed by atoms with van der Waals surface area (Å²) < 4.78 is 12.8. The summed E-state index contributed by atoms with van der Waals surface area (Å²) in [6.45, 7) is 1.50. The van der Waals surface area contributed by atoms with Crippen molar-refractivity contribution in [2.45, 2.75) is 13.0 Å². The van der Waals surface area contributed by atoms with Crippen LogP contribution in [-0.4, -0.2) is 35.9 Å². The van der Waals surface area contributed by atoms with Crippen molar-refractivity contribution in [2.75, 3.05) is 20.3 Å². The van der Waals surface area contributed by atoms with Gasteiger partial charge in [-0.3, -0.25) is 9.59 Å². The molecule has 1 aromatic heterocycles. The molecule has 1 aliphatic heterocycles. The number of amides is 1. The van der Waals surface area contributed by atoms with Gasteiger partial charge in [0.05, 0.1) is 25.5 Å². The van der Waals surface area contributed by atoms with Gasteiger partial charge in [-0.15, -0.1) is 0 Å². The first-order valence-electron chi connectivity index (χ1n) is 9.43. The largest absolute Gasteiger partial charge is 0.490 e. The molecule has 29 heavy (non-hydrogen) atoms. The van der Waals surface area contributed by atoms with E-state index in [9.17, 15) is 9.59 Å². The van der Waals surface area contributed by atoms with E-state index in [1.54, 1.807) is 31.3 Å². The van der Waals surface area contributed by atoms with Gasteiger partial charge in [0.15, 0.2) is 11.5 Å². The highest BCUT2D eigenvalue weighted by atomic mass is 16.5. The summed E-state index contributed by atoms with van der Waals surface area (Å²) in [5.41, 5.74) is 2.63. The first-order valence-corrected chi connectivity index (χ1v) is 9.43. The van der Waals surface area contributed by atoms with Crippen LogP contribution in [0.3, 0.4) is 0 Å². The van der Waals surface area contributed by atoms with Crippen LogP contribution in [0, 0.1) is 0 Å². The molecule has 0 unspecified atom stereocenters. The number of nitrogens with one attached hydrogen (secondary N) is 1. The summed E-state index contributed by atoms with van der Waals surface area (Å²) in [6, 6.07) is 16.0. The van der Waals surface area contributed by atoms with Crippen molar-refractivity contribution in [1.82, 2.24) is 15.1 Å². The number of benzene rings is 2. The lowest BCUT2D eigenvalue weighted by molar-refractivity contribution is 0.0963. The minimum absolute atomic E-state index is 0.173. The lowest BCUT2D eigenvalue weighted by atomic mass is 10.1. The molecule has 7 heteroatoms. The van der Waals surface area contributed by atoms with Crippen LogP contribution >= 0.6 is 0 Å². The highest BCUT2D eigenvalue weighted by Gasteiger charge is 2.13. The summed E-state index contributed by atoms with van der Waals surface area (Å²) in [5.74, 6) is 1.22. The molecule has 0 radical (unpaired) electrons. The van der Waals surface area contributed by atoms with E-state index >= 15 is 0 Å². The first kappa shape index (κ1) is 18.7. The highest BCUT2D eigenvalue weighted by molar-refractivity contribution is 5.94. The van der Waals surface area contributed by atoms with Gasteiger partial charge in [-0.25, -0.2) is 4.68 Å².